The summed E-state index contributed by atoms with van der Waals surface area (Å²) in [4.78, 5) is 15.4. The zero-order chi connectivity index (χ0) is 21.3. The van der Waals surface area contributed by atoms with Crippen molar-refractivity contribution in [3.8, 4) is 11.3 Å². The molecule has 2 aromatic rings. The molecule has 1 heterocycles. The minimum absolute atomic E-state index is 0.0694. The molecule has 3 unspecified atom stereocenters. The summed E-state index contributed by atoms with van der Waals surface area (Å²) in [6.07, 6.45) is 5.18. The normalized spacial score (nSPS) is 38.9. The Balaban J connectivity index is 1.53. The highest BCUT2D eigenvalue weighted by Crippen LogP contribution is 3.08. The second kappa shape index (κ2) is 4.98. The Bertz CT molecular complexity index is 1160. The number of benzene rings is 1. The van der Waals surface area contributed by atoms with Crippen molar-refractivity contribution in [3.05, 3.63) is 59.4 Å². The van der Waals surface area contributed by atoms with E-state index in [1.165, 1.54) is 18.2 Å². The molecule has 0 bridgehead atoms. The summed E-state index contributed by atoms with van der Waals surface area (Å²) in [6.45, 7) is 4.57. The molecule has 0 radical (unpaired) electrons. The fourth-order valence-corrected chi connectivity index (χ4v) is 8.07. The van der Waals surface area contributed by atoms with Crippen LogP contribution in [0.15, 0.2) is 36.5 Å². The standard InChI is InChI=1S/C24H23F2N3O/c1-21-11-14-13-10-17(19-15(25)6-5-7-16(19)26)27-28-20(13)23(18(30)8-9-29(3)4)12-22(21,2)24(14,21)23/h5-10,14H,11-12H2,1-4H3/b9-8+/t14-,21?,22?,23-,24?/m0/s1. The average molecular weight is 407 g/mol. The van der Waals surface area contributed by atoms with E-state index in [0.29, 0.717) is 0 Å². The number of halogens is 2. The third-order valence-corrected chi connectivity index (χ3v) is 9.09. The largest absolute Gasteiger partial charge is 0.383 e. The monoisotopic (exact) mass is 407 g/mol. The fraction of sp³-hybridized carbons (Fsp3) is 0.458. The van der Waals surface area contributed by atoms with Gasteiger partial charge in [-0.15, -0.1) is 5.10 Å². The summed E-state index contributed by atoms with van der Waals surface area (Å²) in [6, 6.07) is 5.58. The molecule has 3 fully saturated rings. The van der Waals surface area contributed by atoms with Gasteiger partial charge in [-0.25, -0.2) is 8.78 Å². The Hall–Kier alpha value is -2.63. The molecule has 1 aromatic carbocycles. The van der Waals surface area contributed by atoms with Crippen molar-refractivity contribution < 1.29 is 13.6 Å². The lowest BCUT2D eigenvalue weighted by Crippen LogP contribution is -2.56. The zero-order valence-electron chi connectivity index (χ0n) is 17.5. The van der Waals surface area contributed by atoms with Gasteiger partial charge < -0.3 is 4.90 Å². The Kier molecular flexibility index (Phi) is 3.02. The van der Waals surface area contributed by atoms with Crippen LogP contribution < -0.4 is 0 Å². The number of fused-ring (bicyclic) bond motifs is 4. The maximum Gasteiger partial charge on any atom is 0.169 e. The molecule has 154 valence electrons. The number of hydrogen-bond donors (Lipinski definition) is 0. The summed E-state index contributed by atoms with van der Waals surface area (Å²) < 4.78 is 28.7. The predicted octanol–water partition coefficient (Wildman–Crippen LogP) is 4.22. The van der Waals surface area contributed by atoms with E-state index in [1.54, 1.807) is 18.3 Å². The Morgan fingerprint density at radius 3 is 2.47 bits per heavy atom. The lowest BCUT2D eigenvalue weighted by atomic mass is 9.48. The molecule has 30 heavy (non-hydrogen) atoms. The molecular formula is C24H23F2N3O. The van der Waals surface area contributed by atoms with Gasteiger partial charge in [0.2, 0.25) is 0 Å². The Labute approximate surface area is 174 Å². The van der Waals surface area contributed by atoms with E-state index < -0.39 is 17.0 Å². The second-order valence-electron chi connectivity index (χ2n) is 10.1. The summed E-state index contributed by atoms with van der Waals surface area (Å²) >= 11 is 0. The van der Waals surface area contributed by atoms with E-state index in [1.807, 2.05) is 19.0 Å². The molecule has 4 nitrogen and oxygen atoms in total. The van der Waals surface area contributed by atoms with Crippen LogP contribution in [0.25, 0.3) is 11.3 Å². The molecule has 0 N–H and O–H groups in total. The van der Waals surface area contributed by atoms with Crippen LogP contribution in [-0.4, -0.2) is 35.0 Å². The van der Waals surface area contributed by atoms with Gasteiger partial charge in [0.15, 0.2) is 5.78 Å². The number of allylic oxidation sites excluding steroid dienone is 1. The SMILES string of the molecule is CN(C)/C=C/C(=O)[C@@]12CC3(C)C4(C)C[C@@H](c5cc(-c6c(F)cccc6F)nnc51)C432. The minimum atomic E-state index is -0.666. The van der Waals surface area contributed by atoms with Gasteiger partial charge in [0.1, 0.15) is 11.6 Å². The maximum atomic E-state index is 14.4. The lowest BCUT2D eigenvalue weighted by Gasteiger charge is -2.52. The average Bonchev–Trinajstić information content (AvgIpc) is 2.84. The fourth-order valence-electron chi connectivity index (χ4n) is 8.07. The van der Waals surface area contributed by atoms with Gasteiger partial charge in [-0.2, -0.15) is 5.10 Å². The van der Waals surface area contributed by atoms with E-state index in [-0.39, 0.29) is 39.2 Å². The van der Waals surface area contributed by atoms with Crippen LogP contribution in [-0.2, 0) is 10.2 Å². The van der Waals surface area contributed by atoms with E-state index >= 15 is 0 Å². The van der Waals surface area contributed by atoms with Crippen molar-refractivity contribution in [3.63, 3.8) is 0 Å². The molecule has 0 amide bonds. The molecule has 4 aliphatic carbocycles. The highest BCUT2D eigenvalue weighted by atomic mass is 19.1. The van der Waals surface area contributed by atoms with Crippen LogP contribution in [0, 0.1) is 27.9 Å². The van der Waals surface area contributed by atoms with Crippen LogP contribution in [0.4, 0.5) is 8.78 Å². The van der Waals surface area contributed by atoms with Gasteiger partial charge in [0.05, 0.1) is 22.4 Å². The van der Waals surface area contributed by atoms with Crippen LogP contribution in [0.1, 0.15) is 43.9 Å². The number of rotatable bonds is 4. The van der Waals surface area contributed by atoms with Crippen molar-refractivity contribution in [2.75, 3.05) is 14.1 Å². The second-order valence-corrected chi connectivity index (χ2v) is 10.1. The maximum absolute atomic E-state index is 14.4. The summed E-state index contributed by atoms with van der Waals surface area (Å²) in [5.41, 5.74) is 1.13. The number of nitrogens with zero attached hydrogens (tertiary/aromatic N) is 3. The first kappa shape index (κ1) is 18.2. The van der Waals surface area contributed by atoms with Crippen molar-refractivity contribution in [2.24, 2.45) is 16.2 Å². The predicted molar refractivity (Wildman–Crippen MR) is 108 cm³/mol. The number of aromatic nitrogens is 2. The summed E-state index contributed by atoms with van der Waals surface area (Å²) in [5.74, 6) is -1.05. The van der Waals surface area contributed by atoms with E-state index in [2.05, 4.69) is 24.0 Å². The van der Waals surface area contributed by atoms with Crippen LogP contribution in [0.3, 0.4) is 0 Å². The van der Waals surface area contributed by atoms with Gasteiger partial charge in [0, 0.05) is 25.7 Å². The van der Waals surface area contributed by atoms with Crippen molar-refractivity contribution >= 4 is 5.78 Å². The lowest BCUT2D eigenvalue weighted by molar-refractivity contribution is -0.132. The van der Waals surface area contributed by atoms with Gasteiger partial charge in [-0.3, -0.25) is 4.79 Å². The smallest absolute Gasteiger partial charge is 0.169 e. The highest BCUT2D eigenvalue weighted by Gasteiger charge is 3.05. The van der Waals surface area contributed by atoms with E-state index in [4.69, 9.17) is 0 Å². The molecule has 6 heteroatoms. The first-order chi connectivity index (χ1) is 14.2. The molecule has 0 saturated heterocycles. The molecule has 5 atom stereocenters. The number of carbonyl (C=O) groups is 1. The highest BCUT2D eigenvalue weighted by molar-refractivity contribution is 6.05. The third-order valence-electron chi connectivity index (χ3n) is 9.09. The molecule has 4 aliphatic rings. The Morgan fingerprint density at radius 1 is 1.17 bits per heavy atom. The minimum Gasteiger partial charge on any atom is -0.383 e. The number of ketones is 1. The van der Waals surface area contributed by atoms with Crippen LogP contribution in [0.2, 0.25) is 0 Å². The third kappa shape index (κ3) is 1.50. The van der Waals surface area contributed by atoms with Gasteiger partial charge >= 0.3 is 0 Å². The number of hydrogen-bond acceptors (Lipinski definition) is 4. The van der Waals surface area contributed by atoms with Crippen molar-refractivity contribution in [1.29, 1.82) is 0 Å². The summed E-state index contributed by atoms with van der Waals surface area (Å²) in [5, 5.41) is 8.70. The van der Waals surface area contributed by atoms with Crippen molar-refractivity contribution in [2.45, 2.75) is 38.0 Å². The number of carbonyl (C=O) groups excluding carboxylic acids is 1. The van der Waals surface area contributed by atoms with Crippen LogP contribution in [0.5, 0.6) is 0 Å². The molecule has 6 rings (SSSR count). The molecular weight excluding hydrogens is 384 g/mol. The first-order valence-corrected chi connectivity index (χ1v) is 10.4. The van der Waals surface area contributed by atoms with E-state index in [9.17, 15) is 13.6 Å². The molecule has 1 spiro atoms. The molecule has 3 saturated carbocycles. The van der Waals surface area contributed by atoms with Gasteiger partial charge in [-0.05, 0) is 59.4 Å². The van der Waals surface area contributed by atoms with Gasteiger partial charge in [0.25, 0.3) is 0 Å². The van der Waals surface area contributed by atoms with Gasteiger partial charge in [-0.1, -0.05) is 19.9 Å². The molecule has 0 aliphatic heterocycles. The Morgan fingerprint density at radius 2 is 1.87 bits per heavy atom. The van der Waals surface area contributed by atoms with Crippen molar-refractivity contribution in [1.82, 2.24) is 15.1 Å². The quantitative estimate of drug-likeness (QED) is 0.712. The topological polar surface area (TPSA) is 46.1 Å². The zero-order valence-corrected chi connectivity index (χ0v) is 17.5. The van der Waals surface area contributed by atoms with E-state index in [0.717, 1.165) is 24.1 Å². The molecule has 1 aromatic heterocycles. The van der Waals surface area contributed by atoms with Crippen LogP contribution >= 0.6 is 0 Å². The summed E-state index contributed by atoms with van der Waals surface area (Å²) in [7, 11) is 3.77. The first-order valence-electron chi connectivity index (χ1n) is 10.4.